The van der Waals surface area contributed by atoms with Crippen molar-refractivity contribution in [2.45, 2.75) is 37.7 Å². The van der Waals surface area contributed by atoms with Crippen LogP contribution in [0.2, 0.25) is 0 Å². The number of hydrogen-bond donors (Lipinski definition) is 1. The number of hydrogen-bond acceptors (Lipinski definition) is 3. The van der Waals surface area contributed by atoms with E-state index in [0.717, 1.165) is 12.8 Å². The van der Waals surface area contributed by atoms with Crippen molar-refractivity contribution in [3.63, 3.8) is 0 Å². The van der Waals surface area contributed by atoms with Gasteiger partial charge in [0.1, 0.15) is 0 Å². The minimum atomic E-state index is -0.126. The molecule has 2 atom stereocenters. The normalized spacial score (nSPS) is 30.4. The standard InChI is InChI=1S/C9H13NOS/c11-8-4-2-1-3-7(8)9-5-10-6-12-9/h5-8,11H,1-4H2/t7-,8-/m1/s1. The molecule has 1 saturated carbocycles. The lowest BCUT2D eigenvalue weighted by atomic mass is 9.86. The molecule has 12 heavy (non-hydrogen) atoms. The molecule has 1 aromatic heterocycles. The summed E-state index contributed by atoms with van der Waals surface area (Å²) in [5, 5.41) is 9.72. The van der Waals surface area contributed by atoms with Gasteiger partial charge in [-0.05, 0) is 12.8 Å². The van der Waals surface area contributed by atoms with E-state index >= 15 is 0 Å². The Balaban J connectivity index is 2.11. The first-order valence-electron chi connectivity index (χ1n) is 4.44. The van der Waals surface area contributed by atoms with Crippen molar-refractivity contribution in [1.82, 2.24) is 4.98 Å². The fraction of sp³-hybridized carbons (Fsp3) is 0.667. The molecular weight excluding hydrogens is 170 g/mol. The molecule has 1 fully saturated rings. The first-order valence-corrected chi connectivity index (χ1v) is 5.32. The lowest BCUT2D eigenvalue weighted by Crippen LogP contribution is -2.21. The van der Waals surface area contributed by atoms with Crippen LogP contribution in [0.5, 0.6) is 0 Å². The first kappa shape index (κ1) is 8.20. The maximum absolute atomic E-state index is 9.72. The smallest absolute Gasteiger partial charge is 0.0794 e. The van der Waals surface area contributed by atoms with Crippen LogP contribution in [-0.2, 0) is 0 Å². The molecule has 0 saturated heterocycles. The van der Waals surface area contributed by atoms with E-state index in [0.29, 0.717) is 5.92 Å². The second-order valence-corrected chi connectivity index (χ2v) is 4.28. The van der Waals surface area contributed by atoms with Crippen molar-refractivity contribution in [2.24, 2.45) is 0 Å². The van der Waals surface area contributed by atoms with Gasteiger partial charge in [-0.25, -0.2) is 0 Å². The summed E-state index contributed by atoms with van der Waals surface area (Å²) in [5.41, 5.74) is 1.84. The molecule has 1 N–H and O–H groups in total. The lowest BCUT2D eigenvalue weighted by molar-refractivity contribution is 0.107. The van der Waals surface area contributed by atoms with Gasteiger partial charge in [0.15, 0.2) is 0 Å². The molecule has 1 aliphatic rings. The SMILES string of the molecule is O[C@@H]1CCCC[C@H]1c1cncs1. The van der Waals surface area contributed by atoms with Crippen molar-refractivity contribution >= 4 is 11.3 Å². The van der Waals surface area contributed by atoms with Crippen molar-refractivity contribution in [2.75, 3.05) is 0 Å². The molecule has 66 valence electrons. The molecule has 0 aliphatic heterocycles. The average molecular weight is 183 g/mol. The van der Waals surface area contributed by atoms with Gasteiger partial charge < -0.3 is 5.11 Å². The van der Waals surface area contributed by atoms with Crippen LogP contribution in [0, 0.1) is 0 Å². The molecule has 0 radical (unpaired) electrons. The summed E-state index contributed by atoms with van der Waals surface area (Å²) in [7, 11) is 0. The van der Waals surface area contributed by atoms with Crippen molar-refractivity contribution in [3.05, 3.63) is 16.6 Å². The molecule has 1 heterocycles. The summed E-state index contributed by atoms with van der Waals surface area (Å²) < 4.78 is 0. The van der Waals surface area contributed by atoms with Crippen LogP contribution >= 0.6 is 11.3 Å². The van der Waals surface area contributed by atoms with E-state index < -0.39 is 0 Å². The van der Waals surface area contributed by atoms with Gasteiger partial charge in [0.05, 0.1) is 11.6 Å². The monoisotopic (exact) mass is 183 g/mol. The summed E-state index contributed by atoms with van der Waals surface area (Å²) in [6, 6.07) is 0. The number of thiazole rings is 1. The van der Waals surface area contributed by atoms with Crippen LogP contribution in [0.3, 0.4) is 0 Å². The molecule has 2 rings (SSSR count). The maximum Gasteiger partial charge on any atom is 0.0794 e. The van der Waals surface area contributed by atoms with Gasteiger partial charge in [-0.1, -0.05) is 12.8 Å². The van der Waals surface area contributed by atoms with Crippen molar-refractivity contribution < 1.29 is 5.11 Å². The maximum atomic E-state index is 9.72. The predicted molar refractivity (Wildman–Crippen MR) is 49.3 cm³/mol. The van der Waals surface area contributed by atoms with Crippen LogP contribution < -0.4 is 0 Å². The van der Waals surface area contributed by atoms with Crippen LogP contribution in [0.1, 0.15) is 36.5 Å². The highest BCUT2D eigenvalue weighted by Crippen LogP contribution is 2.34. The van der Waals surface area contributed by atoms with Gasteiger partial charge in [0.25, 0.3) is 0 Å². The Labute approximate surface area is 76.3 Å². The number of aliphatic hydroxyl groups excluding tert-OH is 1. The van der Waals surface area contributed by atoms with Gasteiger partial charge >= 0.3 is 0 Å². The van der Waals surface area contributed by atoms with E-state index in [1.807, 2.05) is 11.7 Å². The van der Waals surface area contributed by atoms with Crippen LogP contribution in [0.15, 0.2) is 11.7 Å². The number of nitrogens with zero attached hydrogens (tertiary/aromatic N) is 1. The molecule has 1 aromatic rings. The fourth-order valence-corrected chi connectivity index (χ4v) is 2.67. The third-order valence-electron chi connectivity index (χ3n) is 2.55. The van der Waals surface area contributed by atoms with E-state index in [1.165, 1.54) is 17.7 Å². The predicted octanol–water partition coefficient (Wildman–Crippen LogP) is 2.16. The van der Waals surface area contributed by atoms with Gasteiger partial charge in [-0.15, -0.1) is 11.3 Å². The van der Waals surface area contributed by atoms with E-state index in [4.69, 9.17) is 0 Å². The van der Waals surface area contributed by atoms with Gasteiger partial charge in [0, 0.05) is 17.0 Å². The third kappa shape index (κ3) is 1.52. The topological polar surface area (TPSA) is 33.1 Å². The molecular formula is C9H13NOS. The quantitative estimate of drug-likeness (QED) is 0.723. The molecule has 0 bridgehead atoms. The number of aliphatic hydroxyl groups is 1. The number of rotatable bonds is 1. The van der Waals surface area contributed by atoms with E-state index in [1.54, 1.807) is 11.3 Å². The van der Waals surface area contributed by atoms with E-state index in [2.05, 4.69) is 4.98 Å². The molecule has 0 aromatic carbocycles. The summed E-state index contributed by atoms with van der Waals surface area (Å²) in [6.45, 7) is 0. The Hall–Kier alpha value is -0.410. The first-order chi connectivity index (χ1) is 5.88. The zero-order chi connectivity index (χ0) is 8.39. The fourth-order valence-electron chi connectivity index (χ4n) is 1.85. The highest BCUT2D eigenvalue weighted by atomic mass is 32.1. The van der Waals surface area contributed by atoms with Gasteiger partial charge in [0.2, 0.25) is 0 Å². The van der Waals surface area contributed by atoms with Crippen LogP contribution in [0.25, 0.3) is 0 Å². The second-order valence-electron chi connectivity index (χ2n) is 3.36. The zero-order valence-electron chi connectivity index (χ0n) is 6.94. The minimum Gasteiger partial charge on any atom is -0.392 e. The minimum absolute atomic E-state index is 0.126. The van der Waals surface area contributed by atoms with E-state index in [9.17, 15) is 5.11 Å². The third-order valence-corrected chi connectivity index (χ3v) is 3.45. The lowest BCUT2D eigenvalue weighted by Gasteiger charge is -2.26. The Morgan fingerprint density at radius 2 is 2.25 bits per heavy atom. The molecule has 3 heteroatoms. The largest absolute Gasteiger partial charge is 0.392 e. The van der Waals surface area contributed by atoms with Gasteiger partial charge in [-0.2, -0.15) is 0 Å². The zero-order valence-corrected chi connectivity index (χ0v) is 7.76. The van der Waals surface area contributed by atoms with Gasteiger partial charge in [-0.3, -0.25) is 4.98 Å². The number of aromatic nitrogens is 1. The Bertz CT molecular complexity index is 235. The summed E-state index contributed by atoms with van der Waals surface area (Å²) in [4.78, 5) is 5.29. The summed E-state index contributed by atoms with van der Waals surface area (Å²) in [6.07, 6.45) is 6.28. The molecule has 2 nitrogen and oxygen atoms in total. The second kappa shape index (κ2) is 3.54. The van der Waals surface area contributed by atoms with Crippen LogP contribution in [0.4, 0.5) is 0 Å². The Morgan fingerprint density at radius 1 is 1.42 bits per heavy atom. The molecule has 0 spiro atoms. The van der Waals surface area contributed by atoms with Crippen LogP contribution in [-0.4, -0.2) is 16.2 Å². The molecule has 0 amide bonds. The highest BCUT2D eigenvalue weighted by molar-refractivity contribution is 7.09. The summed E-state index contributed by atoms with van der Waals surface area (Å²) >= 11 is 1.66. The van der Waals surface area contributed by atoms with Crippen molar-refractivity contribution in [3.8, 4) is 0 Å². The Kier molecular flexibility index (Phi) is 2.42. The molecule has 1 aliphatic carbocycles. The van der Waals surface area contributed by atoms with Crippen molar-refractivity contribution in [1.29, 1.82) is 0 Å². The molecule has 0 unspecified atom stereocenters. The van der Waals surface area contributed by atoms with E-state index in [-0.39, 0.29) is 6.10 Å². The highest BCUT2D eigenvalue weighted by Gasteiger charge is 2.25. The average Bonchev–Trinajstić information content (AvgIpc) is 2.57. The summed E-state index contributed by atoms with van der Waals surface area (Å²) in [5.74, 6) is 0.367. The Morgan fingerprint density at radius 3 is 2.92 bits per heavy atom.